The van der Waals surface area contributed by atoms with Gasteiger partial charge in [-0.25, -0.2) is 0 Å². The van der Waals surface area contributed by atoms with Crippen molar-refractivity contribution >= 4 is 11.8 Å². The summed E-state index contributed by atoms with van der Waals surface area (Å²) in [5.74, 6) is 0. The topological polar surface area (TPSA) is 6.48 Å². The van der Waals surface area contributed by atoms with Gasteiger partial charge in [0.2, 0.25) is 0 Å². The first kappa shape index (κ1) is 10.6. The average Bonchev–Trinajstić information content (AvgIpc) is 2.15. The third-order valence-electron chi connectivity index (χ3n) is 1.97. The lowest BCUT2D eigenvalue weighted by atomic mass is 10.2. The van der Waals surface area contributed by atoms with Crippen LogP contribution < -0.4 is 4.90 Å². The molecule has 0 heterocycles. The van der Waals surface area contributed by atoms with Gasteiger partial charge in [0.1, 0.15) is 0 Å². The summed E-state index contributed by atoms with van der Waals surface area (Å²) in [6.45, 7) is 0. The molecule has 14 heavy (non-hydrogen) atoms. The van der Waals surface area contributed by atoms with Crippen LogP contribution >= 0.6 is 0 Å². The fourth-order valence-corrected chi connectivity index (χ4v) is 1.12. The Morgan fingerprint density at radius 2 is 1.50 bits per heavy atom. The molecule has 0 aliphatic carbocycles. The smallest absolute Gasteiger partial charge is 0.0361 e. The monoisotopic (exact) mass is 190 g/mol. The van der Waals surface area contributed by atoms with Crippen molar-refractivity contribution in [3.05, 3.63) is 36.0 Å². The standard InChI is InChI=1S/C12H18N2/c1-13(2)10-9-11-5-7-12(8-6-11)14(3)4/h5-10H,1-4H3/b10-9+. The summed E-state index contributed by atoms with van der Waals surface area (Å²) in [4.78, 5) is 4.12. The maximum Gasteiger partial charge on any atom is 0.0361 e. The predicted molar refractivity (Wildman–Crippen MR) is 63.5 cm³/mol. The van der Waals surface area contributed by atoms with Gasteiger partial charge in [0.15, 0.2) is 0 Å². The van der Waals surface area contributed by atoms with Gasteiger partial charge in [-0.1, -0.05) is 12.1 Å². The first-order valence-electron chi connectivity index (χ1n) is 4.71. The fourth-order valence-electron chi connectivity index (χ4n) is 1.12. The largest absolute Gasteiger partial charge is 0.383 e. The Morgan fingerprint density at radius 1 is 0.929 bits per heavy atom. The SMILES string of the molecule is CN(C)/C=C/c1ccc(N(C)C)cc1. The molecule has 0 N–H and O–H groups in total. The van der Waals surface area contributed by atoms with Crippen LogP contribution in [0, 0.1) is 0 Å². The van der Waals surface area contributed by atoms with E-state index in [1.54, 1.807) is 0 Å². The second-order valence-corrected chi connectivity index (χ2v) is 3.77. The summed E-state index contributed by atoms with van der Waals surface area (Å²) in [7, 11) is 8.13. The molecule has 1 aromatic carbocycles. The highest BCUT2D eigenvalue weighted by atomic mass is 15.1. The summed E-state index contributed by atoms with van der Waals surface area (Å²) in [5.41, 5.74) is 2.45. The molecule has 1 rings (SSSR count). The van der Waals surface area contributed by atoms with Crippen LogP contribution in [0.2, 0.25) is 0 Å². The molecular formula is C12H18N2. The van der Waals surface area contributed by atoms with Crippen LogP contribution in [0.25, 0.3) is 6.08 Å². The van der Waals surface area contributed by atoms with Crippen LogP contribution in [-0.4, -0.2) is 33.1 Å². The van der Waals surface area contributed by atoms with Crippen molar-refractivity contribution in [2.75, 3.05) is 33.1 Å². The van der Waals surface area contributed by atoms with E-state index in [0.717, 1.165) is 0 Å². The van der Waals surface area contributed by atoms with Crippen LogP contribution in [0.3, 0.4) is 0 Å². The Kier molecular flexibility index (Phi) is 3.57. The lowest BCUT2D eigenvalue weighted by molar-refractivity contribution is 0.567. The van der Waals surface area contributed by atoms with E-state index in [-0.39, 0.29) is 0 Å². The first-order valence-corrected chi connectivity index (χ1v) is 4.71. The molecule has 0 aromatic heterocycles. The second kappa shape index (κ2) is 4.70. The minimum Gasteiger partial charge on any atom is -0.383 e. The summed E-state index contributed by atoms with van der Waals surface area (Å²) in [5, 5.41) is 0. The molecule has 0 saturated heterocycles. The van der Waals surface area contributed by atoms with Crippen LogP contribution in [0.15, 0.2) is 30.5 Å². The van der Waals surface area contributed by atoms with Crippen molar-refractivity contribution in [2.45, 2.75) is 0 Å². The molecule has 1 aromatic rings. The van der Waals surface area contributed by atoms with Crippen molar-refractivity contribution in [2.24, 2.45) is 0 Å². The van der Waals surface area contributed by atoms with Crippen molar-refractivity contribution in [3.8, 4) is 0 Å². The van der Waals surface area contributed by atoms with E-state index in [0.29, 0.717) is 0 Å². The number of hydrogen-bond acceptors (Lipinski definition) is 2. The molecule has 0 amide bonds. The zero-order valence-electron chi connectivity index (χ0n) is 9.36. The van der Waals surface area contributed by atoms with Crippen LogP contribution in [0.5, 0.6) is 0 Å². The van der Waals surface area contributed by atoms with Gasteiger partial charge < -0.3 is 9.80 Å². The molecule has 0 radical (unpaired) electrons. The molecule has 0 atom stereocenters. The molecule has 76 valence electrons. The predicted octanol–water partition coefficient (Wildman–Crippen LogP) is 2.28. The fraction of sp³-hybridized carbons (Fsp3) is 0.333. The van der Waals surface area contributed by atoms with E-state index in [1.807, 2.05) is 39.3 Å². The normalized spacial score (nSPS) is 10.6. The van der Waals surface area contributed by atoms with E-state index < -0.39 is 0 Å². The van der Waals surface area contributed by atoms with E-state index in [4.69, 9.17) is 0 Å². The van der Waals surface area contributed by atoms with Gasteiger partial charge in [0.25, 0.3) is 0 Å². The minimum atomic E-state index is 1.23. The average molecular weight is 190 g/mol. The molecule has 0 unspecified atom stereocenters. The van der Waals surface area contributed by atoms with Gasteiger partial charge in [0.05, 0.1) is 0 Å². The molecule has 2 nitrogen and oxygen atoms in total. The third-order valence-corrected chi connectivity index (χ3v) is 1.97. The maximum atomic E-state index is 2.12. The lowest BCUT2D eigenvalue weighted by Crippen LogP contribution is -2.07. The van der Waals surface area contributed by atoms with Crippen LogP contribution in [0.1, 0.15) is 5.56 Å². The Bertz CT molecular complexity index is 297. The van der Waals surface area contributed by atoms with Gasteiger partial charge in [-0.3, -0.25) is 0 Å². The van der Waals surface area contributed by atoms with Gasteiger partial charge in [-0.05, 0) is 30.0 Å². The van der Waals surface area contributed by atoms with Crippen molar-refractivity contribution in [1.82, 2.24) is 4.90 Å². The molecule has 0 fully saturated rings. The summed E-state index contributed by atoms with van der Waals surface area (Å²) < 4.78 is 0. The van der Waals surface area contributed by atoms with Crippen LogP contribution in [-0.2, 0) is 0 Å². The molecule has 0 aliphatic heterocycles. The highest BCUT2D eigenvalue weighted by Gasteiger charge is 1.92. The zero-order valence-corrected chi connectivity index (χ0v) is 9.36. The molecule has 0 aliphatic rings. The van der Waals surface area contributed by atoms with E-state index in [9.17, 15) is 0 Å². The molecule has 0 saturated carbocycles. The first-order chi connectivity index (χ1) is 6.59. The summed E-state index contributed by atoms with van der Waals surface area (Å²) >= 11 is 0. The lowest BCUT2D eigenvalue weighted by Gasteiger charge is -2.12. The third kappa shape index (κ3) is 3.13. The minimum absolute atomic E-state index is 1.23. The van der Waals surface area contributed by atoms with E-state index in [2.05, 4.69) is 35.2 Å². The van der Waals surface area contributed by atoms with Gasteiger partial charge in [-0.15, -0.1) is 0 Å². The Morgan fingerprint density at radius 3 is 1.93 bits per heavy atom. The number of hydrogen-bond donors (Lipinski definition) is 0. The van der Waals surface area contributed by atoms with Gasteiger partial charge in [0, 0.05) is 33.9 Å². The number of nitrogens with zero attached hydrogens (tertiary/aromatic N) is 2. The van der Waals surface area contributed by atoms with E-state index in [1.165, 1.54) is 11.3 Å². The molecule has 0 bridgehead atoms. The van der Waals surface area contributed by atoms with Gasteiger partial charge in [-0.2, -0.15) is 0 Å². The highest BCUT2D eigenvalue weighted by Crippen LogP contribution is 2.12. The Balaban J connectivity index is 2.73. The van der Waals surface area contributed by atoms with Crippen molar-refractivity contribution in [3.63, 3.8) is 0 Å². The summed E-state index contributed by atoms with van der Waals surface area (Å²) in [6.07, 6.45) is 4.14. The number of anilines is 1. The highest BCUT2D eigenvalue weighted by molar-refractivity contribution is 5.55. The molecule has 0 spiro atoms. The maximum absolute atomic E-state index is 2.12. The van der Waals surface area contributed by atoms with Crippen molar-refractivity contribution < 1.29 is 0 Å². The molecular weight excluding hydrogens is 172 g/mol. The van der Waals surface area contributed by atoms with Crippen LogP contribution in [0.4, 0.5) is 5.69 Å². The zero-order chi connectivity index (χ0) is 10.6. The second-order valence-electron chi connectivity index (χ2n) is 3.77. The molecule has 2 heteroatoms. The van der Waals surface area contributed by atoms with E-state index >= 15 is 0 Å². The Labute approximate surface area is 86.5 Å². The van der Waals surface area contributed by atoms with Crippen molar-refractivity contribution in [1.29, 1.82) is 0 Å². The number of benzene rings is 1. The quantitative estimate of drug-likeness (QED) is 0.721. The summed E-state index contributed by atoms with van der Waals surface area (Å²) in [6, 6.07) is 8.48. The Hall–Kier alpha value is -1.44. The van der Waals surface area contributed by atoms with Gasteiger partial charge >= 0.3 is 0 Å². The number of rotatable bonds is 3.